The van der Waals surface area contributed by atoms with Crippen LogP contribution in [0.15, 0.2) is 30.5 Å². The van der Waals surface area contributed by atoms with E-state index in [1.807, 2.05) is 0 Å². The number of imide groups is 1. The van der Waals surface area contributed by atoms with Crippen molar-refractivity contribution in [3.8, 4) is 0 Å². The Balaban J connectivity index is 1.50. The first-order valence-electron chi connectivity index (χ1n) is 7.38. The summed E-state index contributed by atoms with van der Waals surface area (Å²) >= 11 is 0. The van der Waals surface area contributed by atoms with E-state index in [2.05, 4.69) is 9.97 Å². The Kier molecular flexibility index (Phi) is 3.05. The van der Waals surface area contributed by atoms with Crippen LogP contribution in [0.25, 0.3) is 0 Å². The van der Waals surface area contributed by atoms with Gasteiger partial charge in [0.25, 0.3) is 11.8 Å². The zero-order chi connectivity index (χ0) is 16.8. The Morgan fingerprint density at radius 3 is 2.46 bits per heavy atom. The molecule has 4 rings (SSSR count). The van der Waals surface area contributed by atoms with Crippen molar-refractivity contribution in [2.75, 3.05) is 12.3 Å². The number of fused-ring (bicyclic) bond motifs is 2. The minimum Gasteiger partial charge on any atom is -0.368 e. The lowest BCUT2D eigenvalue weighted by atomic mass is 10.1. The molecule has 3 heterocycles. The van der Waals surface area contributed by atoms with E-state index in [4.69, 9.17) is 5.73 Å². The average Bonchev–Trinajstić information content (AvgIpc) is 3.10. The maximum Gasteiger partial charge on any atom is 0.262 e. The van der Waals surface area contributed by atoms with E-state index < -0.39 is 11.8 Å². The number of anilines is 1. The highest BCUT2D eigenvalue weighted by atomic mass is 16.2. The molecule has 120 valence electrons. The third-order valence-corrected chi connectivity index (χ3v) is 4.20. The molecule has 1 aromatic heterocycles. The number of amides is 3. The number of aromatic nitrogens is 2. The lowest BCUT2D eigenvalue weighted by Crippen LogP contribution is -2.40. The number of benzene rings is 1. The molecule has 0 spiro atoms. The summed E-state index contributed by atoms with van der Waals surface area (Å²) in [5, 5.41) is 0. The number of carbonyl (C=O) groups is 3. The van der Waals surface area contributed by atoms with Crippen LogP contribution in [0.2, 0.25) is 0 Å². The fraction of sp³-hybridized carbons (Fsp3) is 0.188. The Labute approximate surface area is 136 Å². The molecule has 0 atom stereocenters. The van der Waals surface area contributed by atoms with Crippen molar-refractivity contribution in [2.45, 2.75) is 13.1 Å². The molecule has 2 aliphatic rings. The quantitative estimate of drug-likeness (QED) is 0.791. The van der Waals surface area contributed by atoms with Gasteiger partial charge in [-0.1, -0.05) is 12.1 Å². The summed E-state index contributed by atoms with van der Waals surface area (Å²) in [6.45, 7) is 0.352. The molecule has 2 N–H and O–H groups in total. The summed E-state index contributed by atoms with van der Waals surface area (Å²) in [5.74, 6) is -1.04. The molecule has 8 heteroatoms. The normalized spacial score (nSPS) is 15.7. The monoisotopic (exact) mass is 323 g/mol. The molecule has 0 saturated carbocycles. The predicted molar refractivity (Wildman–Crippen MR) is 82.5 cm³/mol. The lowest BCUT2D eigenvalue weighted by Gasteiger charge is -2.19. The molecule has 1 aromatic carbocycles. The van der Waals surface area contributed by atoms with Gasteiger partial charge in [-0.15, -0.1) is 0 Å². The molecule has 0 fully saturated rings. The van der Waals surface area contributed by atoms with Crippen LogP contribution in [0.4, 0.5) is 5.95 Å². The summed E-state index contributed by atoms with van der Waals surface area (Å²) in [7, 11) is 0. The van der Waals surface area contributed by atoms with Crippen molar-refractivity contribution in [1.29, 1.82) is 0 Å². The van der Waals surface area contributed by atoms with Crippen LogP contribution in [-0.4, -0.2) is 44.0 Å². The molecular formula is C16H13N5O3. The van der Waals surface area contributed by atoms with Crippen LogP contribution >= 0.6 is 0 Å². The van der Waals surface area contributed by atoms with Gasteiger partial charge in [0.1, 0.15) is 6.54 Å². The largest absolute Gasteiger partial charge is 0.368 e. The average molecular weight is 323 g/mol. The molecule has 2 aromatic rings. The molecule has 24 heavy (non-hydrogen) atoms. The first-order valence-corrected chi connectivity index (χ1v) is 7.38. The minimum atomic E-state index is -0.440. The first kappa shape index (κ1) is 14.3. The van der Waals surface area contributed by atoms with Crippen molar-refractivity contribution in [2.24, 2.45) is 0 Å². The van der Waals surface area contributed by atoms with Gasteiger partial charge in [-0.3, -0.25) is 19.3 Å². The second kappa shape index (κ2) is 5.12. The maximum atomic E-state index is 12.5. The topological polar surface area (TPSA) is 109 Å². The molecule has 2 aliphatic heterocycles. The van der Waals surface area contributed by atoms with E-state index in [1.165, 1.54) is 4.90 Å². The number of nitrogens with two attached hydrogens (primary N) is 1. The number of hydrogen-bond donors (Lipinski definition) is 1. The third kappa shape index (κ3) is 2.11. The van der Waals surface area contributed by atoms with Crippen molar-refractivity contribution in [1.82, 2.24) is 19.8 Å². The fourth-order valence-electron chi connectivity index (χ4n) is 2.96. The second-order valence-corrected chi connectivity index (χ2v) is 5.69. The number of nitrogen functional groups attached to an aromatic ring is 1. The molecular weight excluding hydrogens is 310 g/mol. The van der Waals surface area contributed by atoms with Gasteiger partial charge in [-0.25, -0.2) is 9.97 Å². The molecule has 0 unspecified atom stereocenters. The van der Waals surface area contributed by atoms with Gasteiger partial charge in [0, 0.05) is 18.3 Å². The van der Waals surface area contributed by atoms with E-state index in [0.29, 0.717) is 29.9 Å². The number of nitrogens with zero attached hydrogens (tertiary/aromatic N) is 4. The zero-order valence-corrected chi connectivity index (χ0v) is 12.6. The number of carbonyl (C=O) groups excluding carboxylic acids is 3. The summed E-state index contributed by atoms with van der Waals surface area (Å²) in [4.78, 5) is 47.7. The van der Waals surface area contributed by atoms with Gasteiger partial charge in [0.15, 0.2) is 0 Å². The molecule has 3 amide bonds. The first-order chi connectivity index (χ1) is 11.5. The van der Waals surface area contributed by atoms with Crippen LogP contribution in [-0.2, 0) is 17.9 Å². The van der Waals surface area contributed by atoms with Crippen LogP contribution in [0, 0.1) is 0 Å². The van der Waals surface area contributed by atoms with E-state index in [-0.39, 0.29) is 18.4 Å². The van der Waals surface area contributed by atoms with Gasteiger partial charge < -0.3 is 10.6 Å². The summed E-state index contributed by atoms with van der Waals surface area (Å²) < 4.78 is 0. The summed E-state index contributed by atoms with van der Waals surface area (Å²) in [6.07, 6.45) is 1.59. The minimum absolute atomic E-state index is 0.156. The molecule has 0 saturated heterocycles. The Hall–Kier alpha value is -3.29. The second-order valence-electron chi connectivity index (χ2n) is 5.69. The highest BCUT2D eigenvalue weighted by Gasteiger charge is 2.37. The van der Waals surface area contributed by atoms with Crippen molar-refractivity contribution >= 4 is 23.7 Å². The maximum absolute atomic E-state index is 12.5. The zero-order valence-electron chi connectivity index (χ0n) is 12.6. The van der Waals surface area contributed by atoms with Crippen LogP contribution in [0.1, 0.15) is 32.0 Å². The van der Waals surface area contributed by atoms with E-state index >= 15 is 0 Å². The van der Waals surface area contributed by atoms with E-state index in [9.17, 15) is 14.4 Å². The number of rotatable bonds is 2. The van der Waals surface area contributed by atoms with Crippen molar-refractivity contribution in [3.63, 3.8) is 0 Å². The SMILES string of the molecule is Nc1ncc2c(n1)CN(C(=O)CN1C(=O)c3ccccc3C1=O)C2. The molecule has 0 aliphatic carbocycles. The van der Waals surface area contributed by atoms with E-state index in [1.54, 1.807) is 30.5 Å². The van der Waals surface area contributed by atoms with Crippen LogP contribution < -0.4 is 5.73 Å². The van der Waals surface area contributed by atoms with Gasteiger partial charge in [-0.05, 0) is 12.1 Å². The van der Waals surface area contributed by atoms with Crippen molar-refractivity contribution < 1.29 is 14.4 Å². The summed E-state index contributed by atoms with van der Waals surface area (Å²) in [5.41, 5.74) is 7.72. The molecule has 0 radical (unpaired) electrons. The highest BCUT2D eigenvalue weighted by molar-refractivity contribution is 6.22. The van der Waals surface area contributed by atoms with E-state index in [0.717, 1.165) is 10.5 Å². The predicted octanol–water partition coefficient (Wildman–Crippen LogP) is 0.197. The van der Waals surface area contributed by atoms with Gasteiger partial charge in [0.2, 0.25) is 11.9 Å². The van der Waals surface area contributed by atoms with Crippen LogP contribution in [0.5, 0.6) is 0 Å². The van der Waals surface area contributed by atoms with Gasteiger partial charge in [0.05, 0.1) is 23.4 Å². The Morgan fingerprint density at radius 1 is 1.12 bits per heavy atom. The smallest absolute Gasteiger partial charge is 0.262 e. The standard InChI is InChI=1S/C16H13N5O3/c17-16-18-5-9-6-20(7-12(9)19-16)13(22)8-21-14(23)10-3-1-2-4-11(10)15(21)24/h1-5H,6-8H2,(H2,17,18,19). The summed E-state index contributed by atoms with van der Waals surface area (Å²) in [6, 6.07) is 6.55. The van der Waals surface area contributed by atoms with Gasteiger partial charge in [-0.2, -0.15) is 0 Å². The number of hydrogen-bond acceptors (Lipinski definition) is 6. The lowest BCUT2D eigenvalue weighted by molar-refractivity contribution is -0.132. The molecule has 8 nitrogen and oxygen atoms in total. The highest BCUT2D eigenvalue weighted by Crippen LogP contribution is 2.24. The van der Waals surface area contributed by atoms with Crippen LogP contribution in [0.3, 0.4) is 0 Å². The third-order valence-electron chi connectivity index (χ3n) is 4.20. The van der Waals surface area contributed by atoms with Crippen molar-refractivity contribution in [3.05, 3.63) is 52.8 Å². The van der Waals surface area contributed by atoms with Gasteiger partial charge >= 0.3 is 0 Å². The fourth-order valence-corrected chi connectivity index (χ4v) is 2.96. The molecule has 0 bridgehead atoms. The Morgan fingerprint density at radius 2 is 1.79 bits per heavy atom. The Bertz CT molecular complexity index is 860.